The first-order valence-corrected chi connectivity index (χ1v) is 4.60. The topological polar surface area (TPSA) is 81.2 Å². The molecular formula is C9H6F3N3O3. The van der Waals surface area contributed by atoms with Crippen LogP contribution in [0.25, 0.3) is 11.4 Å². The number of rotatable bonds is 2. The van der Waals surface area contributed by atoms with Gasteiger partial charge < -0.3 is 9.63 Å². The largest absolute Gasteiger partial charge is 0.475 e. The molecule has 9 heteroatoms. The van der Waals surface area contributed by atoms with Crippen LogP contribution in [0.3, 0.4) is 0 Å². The van der Waals surface area contributed by atoms with Crippen LogP contribution in [-0.2, 0) is 13.2 Å². The van der Waals surface area contributed by atoms with E-state index in [2.05, 4.69) is 14.8 Å². The van der Waals surface area contributed by atoms with E-state index in [4.69, 9.17) is 5.11 Å². The van der Waals surface area contributed by atoms with E-state index in [0.29, 0.717) is 0 Å². The minimum atomic E-state index is -4.57. The van der Waals surface area contributed by atoms with Crippen molar-refractivity contribution in [2.24, 2.45) is 7.05 Å². The smallest absolute Gasteiger partial charge is 0.435 e. The van der Waals surface area contributed by atoms with Gasteiger partial charge in [-0.1, -0.05) is 5.16 Å². The zero-order chi connectivity index (χ0) is 13.5. The molecule has 0 aliphatic carbocycles. The number of nitrogens with zero attached hydrogens (tertiary/aromatic N) is 3. The maximum Gasteiger partial charge on any atom is 0.435 e. The highest BCUT2D eigenvalue weighted by molar-refractivity contribution is 5.85. The molecule has 2 aromatic heterocycles. The summed E-state index contributed by atoms with van der Waals surface area (Å²) in [4.78, 5) is 10.6. The number of aromatic nitrogens is 3. The Kier molecular flexibility index (Phi) is 2.60. The van der Waals surface area contributed by atoms with Crippen LogP contribution < -0.4 is 0 Å². The number of carboxylic acids is 1. The van der Waals surface area contributed by atoms with Crippen molar-refractivity contribution in [2.45, 2.75) is 6.18 Å². The lowest BCUT2D eigenvalue weighted by Gasteiger charge is -1.98. The summed E-state index contributed by atoms with van der Waals surface area (Å²) >= 11 is 0. The van der Waals surface area contributed by atoms with Crippen LogP contribution in [0, 0.1) is 0 Å². The molecule has 0 aliphatic heterocycles. The molecular weight excluding hydrogens is 255 g/mol. The second kappa shape index (κ2) is 3.86. The predicted octanol–water partition coefficient (Wildman–Crippen LogP) is 1.79. The van der Waals surface area contributed by atoms with Crippen molar-refractivity contribution in [1.29, 1.82) is 0 Å². The number of halogens is 3. The molecule has 0 aromatic carbocycles. The van der Waals surface area contributed by atoms with Crippen LogP contribution >= 0.6 is 0 Å². The molecule has 0 radical (unpaired) electrons. The Morgan fingerprint density at radius 3 is 2.56 bits per heavy atom. The first-order chi connectivity index (χ1) is 8.29. The summed E-state index contributed by atoms with van der Waals surface area (Å²) in [6.45, 7) is 0. The lowest BCUT2D eigenvalue weighted by molar-refractivity contribution is -0.141. The van der Waals surface area contributed by atoms with Gasteiger partial charge in [-0.2, -0.15) is 18.3 Å². The Morgan fingerprint density at radius 2 is 2.11 bits per heavy atom. The molecule has 96 valence electrons. The normalized spacial score (nSPS) is 11.8. The predicted molar refractivity (Wildman–Crippen MR) is 50.7 cm³/mol. The molecule has 0 saturated heterocycles. The maximum absolute atomic E-state index is 12.4. The zero-order valence-corrected chi connectivity index (χ0v) is 8.89. The molecule has 2 rings (SSSR count). The molecule has 2 heterocycles. The molecule has 0 amide bonds. The second-order valence-corrected chi connectivity index (χ2v) is 3.42. The van der Waals surface area contributed by atoms with Gasteiger partial charge in [-0.05, 0) is 6.07 Å². The van der Waals surface area contributed by atoms with Crippen LogP contribution in [-0.4, -0.2) is 26.0 Å². The van der Waals surface area contributed by atoms with Gasteiger partial charge in [0.25, 0.3) is 0 Å². The van der Waals surface area contributed by atoms with Crippen molar-refractivity contribution in [3.8, 4) is 11.4 Å². The molecule has 0 unspecified atom stereocenters. The van der Waals surface area contributed by atoms with Crippen molar-refractivity contribution in [3.63, 3.8) is 0 Å². The number of alkyl halides is 3. The average Bonchev–Trinajstić information content (AvgIpc) is 2.81. The fourth-order valence-corrected chi connectivity index (χ4v) is 1.34. The Balaban J connectivity index is 2.44. The Bertz CT molecular complexity index is 600. The van der Waals surface area contributed by atoms with Crippen LogP contribution in [0.2, 0.25) is 0 Å². The van der Waals surface area contributed by atoms with Crippen molar-refractivity contribution in [2.75, 3.05) is 0 Å². The summed E-state index contributed by atoms with van der Waals surface area (Å²) in [5.41, 5.74) is -1.10. The third kappa shape index (κ3) is 2.06. The molecule has 1 N–H and O–H groups in total. The number of carboxylic acid groups (broad SMARTS) is 1. The van der Waals surface area contributed by atoms with E-state index in [1.54, 1.807) is 0 Å². The van der Waals surface area contributed by atoms with Gasteiger partial charge >= 0.3 is 12.1 Å². The van der Waals surface area contributed by atoms with Crippen molar-refractivity contribution in [1.82, 2.24) is 14.9 Å². The maximum atomic E-state index is 12.4. The van der Waals surface area contributed by atoms with E-state index >= 15 is 0 Å². The summed E-state index contributed by atoms with van der Waals surface area (Å²) in [6, 6.07) is 1.79. The van der Waals surface area contributed by atoms with Gasteiger partial charge in [-0.15, -0.1) is 0 Å². The Hall–Kier alpha value is -2.32. The van der Waals surface area contributed by atoms with Crippen LogP contribution in [0.5, 0.6) is 0 Å². The first kappa shape index (κ1) is 12.1. The van der Waals surface area contributed by atoms with Gasteiger partial charge in [0.2, 0.25) is 5.76 Å². The third-order valence-electron chi connectivity index (χ3n) is 2.15. The monoisotopic (exact) mass is 261 g/mol. The lowest BCUT2D eigenvalue weighted by atomic mass is 10.2. The molecule has 18 heavy (non-hydrogen) atoms. The van der Waals surface area contributed by atoms with Crippen molar-refractivity contribution >= 4 is 5.97 Å². The second-order valence-electron chi connectivity index (χ2n) is 3.42. The molecule has 0 aliphatic rings. The van der Waals surface area contributed by atoms with Crippen LogP contribution in [0.4, 0.5) is 13.2 Å². The average molecular weight is 261 g/mol. The fraction of sp³-hybridized carbons (Fsp3) is 0.222. The first-order valence-electron chi connectivity index (χ1n) is 4.60. The number of hydrogen-bond acceptors (Lipinski definition) is 4. The van der Waals surface area contributed by atoms with E-state index in [1.807, 2.05) is 0 Å². The van der Waals surface area contributed by atoms with E-state index in [9.17, 15) is 18.0 Å². The Labute approximate surface area is 97.6 Å². The number of aryl methyl sites for hydroxylation is 1. The lowest BCUT2D eigenvalue weighted by Crippen LogP contribution is -2.06. The molecule has 0 saturated carbocycles. The molecule has 0 atom stereocenters. The molecule has 0 bridgehead atoms. The van der Waals surface area contributed by atoms with Crippen LogP contribution in [0.1, 0.15) is 16.2 Å². The molecule has 0 spiro atoms. The van der Waals surface area contributed by atoms with Crippen molar-refractivity contribution in [3.05, 3.63) is 23.6 Å². The van der Waals surface area contributed by atoms with Gasteiger partial charge in [0.1, 0.15) is 5.69 Å². The Morgan fingerprint density at radius 1 is 1.44 bits per heavy atom. The summed E-state index contributed by atoms with van der Waals surface area (Å²) in [7, 11) is 1.29. The van der Waals surface area contributed by atoms with E-state index < -0.39 is 23.6 Å². The quantitative estimate of drug-likeness (QED) is 0.891. The highest BCUT2D eigenvalue weighted by atomic mass is 19.4. The minimum Gasteiger partial charge on any atom is -0.475 e. The fourth-order valence-electron chi connectivity index (χ4n) is 1.34. The summed E-state index contributed by atoms with van der Waals surface area (Å²) in [5, 5.41) is 15.3. The summed E-state index contributed by atoms with van der Waals surface area (Å²) < 4.78 is 42.7. The summed E-state index contributed by atoms with van der Waals surface area (Å²) in [5.74, 6) is -1.81. The van der Waals surface area contributed by atoms with E-state index in [1.165, 1.54) is 7.05 Å². The zero-order valence-electron chi connectivity index (χ0n) is 8.89. The molecule has 2 aromatic rings. The van der Waals surface area contributed by atoms with Gasteiger partial charge in [0, 0.05) is 13.1 Å². The molecule has 6 nitrogen and oxygen atoms in total. The number of aromatic carboxylic acids is 1. The number of carbonyl (C=O) groups is 1. The van der Waals surface area contributed by atoms with Crippen molar-refractivity contribution < 1.29 is 27.6 Å². The van der Waals surface area contributed by atoms with Crippen LogP contribution in [0.15, 0.2) is 16.7 Å². The van der Waals surface area contributed by atoms with Gasteiger partial charge in [-0.25, -0.2) is 4.79 Å². The highest BCUT2D eigenvalue weighted by Crippen LogP contribution is 2.31. The standard InChI is InChI=1S/C9H6F3N3O3/c1-15-5(3-7(13-15)9(10,11)12)4-2-6(8(16)17)18-14-4/h2-3H,1H3,(H,16,17). The third-order valence-corrected chi connectivity index (χ3v) is 2.15. The van der Waals surface area contributed by atoms with Gasteiger partial charge in [-0.3, -0.25) is 4.68 Å². The molecule has 0 fully saturated rings. The number of hydrogen-bond donors (Lipinski definition) is 1. The van der Waals surface area contributed by atoms with E-state index in [-0.39, 0.29) is 11.4 Å². The van der Waals surface area contributed by atoms with E-state index in [0.717, 1.165) is 16.8 Å². The van der Waals surface area contributed by atoms with Gasteiger partial charge in [0.05, 0.1) is 5.69 Å². The SMILES string of the molecule is Cn1nc(C(F)(F)F)cc1-c1cc(C(=O)O)on1. The minimum absolute atomic E-state index is 0.0126. The van der Waals surface area contributed by atoms with Gasteiger partial charge in [0.15, 0.2) is 5.69 Å². The highest BCUT2D eigenvalue weighted by Gasteiger charge is 2.35. The summed E-state index contributed by atoms with van der Waals surface area (Å²) in [6.07, 6.45) is -4.57.